The molecule has 1 aliphatic rings. The van der Waals surface area contributed by atoms with E-state index in [1.54, 1.807) is 5.51 Å². The highest BCUT2D eigenvalue weighted by molar-refractivity contribution is 7.13. The van der Waals surface area contributed by atoms with Crippen molar-refractivity contribution in [1.29, 1.82) is 0 Å². The number of carbonyl (C=O) groups excluding carboxylic acids is 1. The van der Waals surface area contributed by atoms with E-state index in [1.807, 2.05) is 24.3 Å². The third-order valence-corrected chi connectivity index (χ3v) is 2.38. The number of allylic oxidation sites excluding steroid dienone is 2. The number of rotatable bonds is 2. The molecular weight excluding hydrogens is 214 g/mol. The molecule has 1 unspecified atom stereocenters. The van der Waals surface area contributed by atoms with E-state index in [1.165, 1.54) is 11.3 Å². The van der Waals surface area contributed by atoms with Crippen molar-refractivity contribution in [3.05, 3.63) is 29.8 Å². The first-order chi connectivity index (χ1) is 7.34. The van der Waals surface area contributed by atoms with E-state index in [0.717, 1.165) is 0 Å². The topological polar surface area (TPSA) is 64.1 Å². The molecule has 0 fully saturated rings. The number of hydrogen-bond acceptors (Lipinski definition) is 5. The zero-order chi connectivity index (χ0) is 10.5. The van der Waals surface area contributed by atoms with E-state index in [4.69, 9.17) is 4.74 Å². The number of aromatic nitrogens is 2. The van der Waals surface area contributed by atoms with Crippen LogP contribution in [0.15, 0.2) is 29.8 Å². The molecule has 0 aromatic carbocycles. The molecule has 1 atom stereocenters. The van der Waals surface area contributed by atoms with Gasteiger partial charge in [-0.25, -0.2) is 4.79 Å². The molecule has 0 spiro atoms. The molecule has 0 bridgehead atoms. The predicted octanol–water partition coefficient (Wildman–Crippen LogP) is 1.97. The van der Waals surface area contributed by atoms with E-state index < -0.39 is 6.09 Å². The summed E-state index contributed by atoms with van der Waals surface area (Å²) in [4.78, 5) is 11.3. The zero-order valence-corrected chi connectivity index (χ0v) is 8.61. The Kier molecular flexibility index (Phi) is 3.08. The number of ether oxygens (including phenoxy) is 1. The Bertz CT molecular complexity index is 386. The molecule has 15 heavy (non-hydrogen) atoms. The van der Waals surface area contributed by atoms with Crippen LogP contribution in [0, 0.1) is 0 Å². The Morgan fingerprint density at radius 2 is 2.53 bits per heavy atom. The fraction of sp³-hybridized carbons (Fsp3) is 0.222. The van der Waals surface area contributed by atoms with E-state index in [9.17, 15) is 4.79 Å². The molecule has 1 N–H and O–H groups in total. The van der Waals surface area contributed by atoms with Gasteiger partial charge in [-0.1, -0.05) is 29.6 Å². The maximum Gasteiger partial charge on any atom is 0.414 e. The number of hydrogen-bond donors (Lipinski definition) is 1. The van der Waals surface area contributed by atoms with Crippen molar-refractivity contribution in [3.63, 3.8) is 0 Å². The fourth-order valence-electron chi connectivity index (χ4n) is 1.13. The highest BCUT2D eigenvalue weighted by Crippen LogP contribution is 2.11. The van der Waals surface area contributed by atoms with Crippen LogP contribution >= 0.6 is 11.3 Å². The Labute approximate surface area is 90.5 Å². The van der Waals surface area contributed by atoms with Crippen molar-refractivity contribution in [2.24, 2.45) is 0 Å². The van der Waals surface area contributed by atoms with Gasteiger partial charge in [-0.2, -0.15) is 0 Å². The van der Waals surface area contributed by atoms with Crippen LogP contribution < -0.4 is 5.32 Å². The Morgan fingerprint density at radius 1 is 1.60 bits per heavy atom. The summed E-state index contributed by atoms with van der Waals surface area (Å²) in [6.45, 7) is 0. The largest absolute Gasteiger partial charge is 0.441 e. The number of nitrogens with zero attached hydrogens (tertiary/aromatic N) is 2. The van der Waals surface area contributed by atoms with Gasteiger partial charge in [0.25, 0.3) is 0 Å². The van der Waals surface area contributed by atoms with Crippen molar-refractivity contribution >= 4 is 22.6 Å². The Balaban J connectivity index is 1.82. The average Bonchev–Trinajstić information content (AvgIpc) is 2.71. The molecule has 0 saturated heterocycles. The lowest BCUT2D eigenvalue weighted by molar-refractivity contribution is 0.134. The summed E-state index contributed by atoms with van der Waals surface area (Å²) < 4.78 is 5.12. The zero-order valence-electron chi connectivity index (χ0n) is 7.79. The molecule has 78 valence electrons. The third kappa shape index (κ3) is 2.88. The summed E-state index contributed by atoms with van der Waals surface area (Å²) in [5.74, 6) is 0. The minimum absolute atomic E-state index is 0.192. The van der Waals surface area contributed by atoms with Gasteiger partial charge in [0.1, 0.15) is 11.6 Å². The summed E-state index contributed by atoms with van der Waals surface area (Å²) in [5.41, 5.74) is 1.54. The van der Waals surface area contributed by atoms with Crippen molar-refractivity contribution in [2.45, 2.75) is 12.5 Å². The predicted molar refractivity (Wildman–Crippen MR) is 56.7 cm³/mol. The molecule has 1 aromatic rings. The molecular formula is C9H9N3O2S. The van der Waals surface area contributed by atoms with Crippen LogP contribution in [-0.2, 0) is 4.74 Å². The quantitative estimate of drug-likeness (QED) is 0.832. The lowest BCUT2D eigenvalue weighted by atomic mass is 10.1. The van der Waals surface area contributed by atoms with Gasteiger partial charge in [0.2, 0.25) is 5.13 Å². The summed E-state index contributed by atoms with van der Waals surface area (Å²) in [6, 6.07) is 0. The molecule has 1 heterocycles. The van der Waals surface area contributed by atoms with Crippen LogP contribution in [0.1, 0.15) is 6.42 Å². The average molecular weight is 223 g/mol. The Hall–Kier alpha value is -1.69. The summed E-state index contributed by atoms with van der Waals surface area (Å²) in [7, 11) is 0. The van der Waals surface area contributed by atoms with E-state index in [0.29, 0.717) is 11.6 Å². The van der Waals surface area contributed by atoms with Crippen molar-refractivity contribution < 1.29 is 9.53 Å². The summed E-state index contributed by atoms with van der Waals surface area (Å²) in [5, 5.41) is 10.2. The number of amides is 1. The van der Waals surface area contributed by atoms with E-state index in [2.05, 4.69) is 15.5 Å². The van der Waals surface area contributed by atoms with Gasteiger partial charge in [0.05, 0.1) is 0 Å². The molecule has 0 saturated carbocycles. The fourth-order valence-corrected chi connectivity index (χ4v) is 1.56. The minimum Gasteiger partial charge on any atom is -0.441 e. The van der Waals surface area contributed by atoms with Crippen LogP contribution in [0.4, 0.5) is 9.93 Å². The van der Waals surface area contributed by atoms with Crippen LogP contribution in [0.3, 0.4) is 0 Å². The molecule has 2 rings (SSSR count). The monoisotopic (exact) mass is 223 g/mol. The number of anilines is 1. The molecule has 5 nitrogen and oxygen atoms in total. The first-order valence-electron chi connectivity index (χ1n) is 4.42. The lowest BCUT2D eigenvalue weighted by Crippen LogP contribution is -2.21. The van der Waals surface area contributed by atoms with Gasteiger partial charge in [-0.15, -0.1) is 10.2 Å². The molecule has 0 radical (unpaired) electrons. The minimum atomic E-state index is -0.503. The second-order valence-electron chi connectivity index (χ2n) is 2.86. The van der Waals surface area contributed by atoms with Crippen molar-refractivity contribution in [1.82, 2.24) is 10.2 Å². The maximum absolute atomic E-state index is 11.3. The standard InChI is InChI=1S/C9H9N3O2S/c13-9(11-8-12-10-6-15-8)14-7-4-2-1-3-5-7/h1-4,6-7H,5H2,(H,11,12,13). The smallest absolute Gasteiger partial charge is 0.414 e. The van der Waals surface area contributed by atoms with Gasteiger partial charge in [0, 0.05) is 6.42 Å². The van der Waals surface area contributed by atoms with Gasteiger partial charge < -0.3 is 4.74 Å². The van der Waals surface area contributed by atoms with E-state index in [-0.39, 0.29) is 6.10 Å². The molecule has 1 amide bonds. The number of carbonyl (C=O) groups is 1. The second kappa shape index (κ2) is 4.70. The highest BCUT2D eigenvalue weighted by Gasteiger charge is 2.12. The van der Waals surface area contributed by atoms with Gasteiger partial charge in [0.15, 0.2) is 0 Å². The molecule has 1 aliphatic carbocycles. The maximum atomic E-state index is 11.3. The van der Waals surface area contributed by atoms with Crippen molar-refractivity contribution in [3.8, 4) is 0 Å². The highest BCUT2D eigenvalue weighted by atomic mass is 32.1. The Morgan fingerprint density at radius 3 is 3.20 bits per heavy atom. The first kappa shape index (κ1) is 9.85. The van der Waals surface area contributed by atoms with Crippen LogP contribution in [0.25, 0.3) is 0 Å². The van der Waals surface area contributed by atoms with Gasteiger partial charge >= 0.3 is 6.09 Å². The van der Waals surface area contributed by atoms with Gasteiger partial charge in [-0.05, 0) is 6.08 Å². The van der Waals surface area contributed by atoms with Crippen molar-refractivity contribution in [2.75, 3.05) is 5.32 Å². The summed E-state index contributed by atoms with van der Waals surface area (Å²) in [6.07, 6.45) is 7.57. The molecule has 6 heteroatoms. The first-order valence-corrected chi connectivity index (χ1v) is 5.30. The SMILES string of the molecule is O=C(Nc1nncs1)OC1C=CC=CC1. The second-order valence-corrected chi connectivity index (χ2v) is 3.69. The third-order valence-electron chi connectivity index (χ3n) is 1.77. The number of nitrogens with one attached hydrogen (secondary N) is 1. The van der Waals surface area contributed by atoms with Gasteiger partial charge in [-0.3, -0.25) is 5.32 Å². The summed E-state index contributed by atoms with van der Waals surface area (Å²) >= 11 is 1.25. The van der Waals surface area contributed by atoms with Crippen LogP contribution in [0.2, 0.25) is 0 Å². The normalized spacial score (nSPS) is 18.8. The lowest BCUT2D eigenvalue weighted by Gasteiger charge is -2.13. The molecule has 1 aromatic heterocycles. The molecule has 0 aliphatic heterocycles. The van der Waals surface area contributed by atoms with Crippen LogP contribution in [-0.4, -0.2) is 22.4 Å². The van der Waals surface area contributed by atoms with E-state index >= 15 is 0 Å². The van der Waals surface area contributed by atoms with Crippen LogP contribution in [0.5, 0.6) is 0 Å².